The predicted molar refractivity (Wildman–Crippen MR) is 138 cm³/mol. The number of hydrogen-bond donors (Lipinski definition) is 0. The van der Waals surface area contributed by atoms with E-state index in [9.17, 15) is 4.79 Å². The Morgan fingerprint density at radius 2 is 1.90 bits per heavy atom. The standard InChI is InChI=1S/C22H30ClIN2O2SeSi/c1-13-17(24)12-29-21(25-16-10-8-15(23)9-11-16)26-19(13)18(20(26)27)14(2)28-30(6,7)22(3,4)5/h8-11,14,18-19H,12H2,1-7H3/t14-,18-,19-/m1/s1. The Bertz CT molecular complexity index is 895. The molecule has 8 heteroatoms. The third-order valence-corrected chi connectivity index (χ3v) is 15.7. The SMILES string of the molecule is CC1=C(I)C[Se]C(=Nc2ccc(Cl)cc2)N2C(=O)[C@H]([C@@H](C)O[Si](C)(C)C(C)(C)C)[C@@H]12. The second-order valence-corrected chi connectivity index (χ2v) is 18.0. The molecule has 164 valence electrons. The molecule has 0 N–H and O–H groups in total. The molecule has 2 aliphatic rings. The molecule has 1 amide bonds. The van der Waals surface area contributed by atoms with Gasteiger partial charge in [0, 0.05) is 0 Å². The van der Waals surface area contributed by atoms with E-state index in [0.717, 1.165) is 15.7 Å². The van der Waals surface area contributed by atoms with Gasteiger partial charge in [0.1, 0.15) is 0 Å². The van der Waals surface area contributed by atoms with Gasteiger partial charge in [0.25, 0.3) is 0 Å². The topological polar surface area (TPSA) is 41.9 Å². The fourth-order valence-corrected chi connectivity index (χ4v) is 8.32. The van der Waals surface area contributed by atoms with Crippen molar-refractivity contribution in [3.8, 4) is 0 Å². The molecule has 2 aliphatic heterocycles. The van der Waals surface area contributed by atoms with Crippen molar-refractivity contribution in [2.24, 2.45) is 10.9 Å². The van der Waals surface area contributed by atoms with Crippen LogP contribution in [-0.2, 0) is 9.22 Å². The van der Waals surface area contributed by atoms with Gasteiger partial charge in [-0.25, -0.2) is 0 Å². The molecule has 2 heterocycles. The van der Waals surface area contributed by atoms with Crippen molar-refractivity contribution in [2.45, 2.75) is 70.2 Å². The molecule has 0 saturated carbocycles. The Morgan fingerprint density at radius 1 is 1.30 bits per heavy atom. The number of carbonyl (C=O) groups is 1. The van der Waals surface area contributed by atoms with E-state index in [0.29, 0.717) is 5.02 Å². The summed E-state index contributed by atoms with van der Waals surface area (Å²) in [4.78, 5) is 20.2. The van der Waals surface area contributed by atoms with Gasteiger partial charge in [-0.05, 0) is 0 Å². The Labute approximate surface area is 206 Å². The number of amides is 1. The molecule has 1 aromatic carbocycles. The number of halogens is 2. The van der Waals surface area contributed by atoms with Gasteiger partial charge in [-0.3, -0.25) is 0 Å². The molecule has 0 spiro atoms. The van der Waals surface area contributed by atoms with Crippen molar-refractivity contribution in [3.05, 3.63) is 38.4 Å². The molecule has 1 fully saturated rings. The summed E-state index contributed by atoms with van der Waals surface area (Å²) in [6, 6.07) is 7.53. The number of aliphatic imine (C=N–C) groups is 1. The van der Waals surface area contributed by atoms with Crippen LogP contribution in [0.2, 0.25) is 28.5 Å². The maximum atomic E-state index is 13.4. The molecule has 3 atom stereocenters. The van der Waals surface area contributed by atoms with Crippen LogP contribution in [0, 0.1) is 5.92 Å². The van der Waals surface area contributed by atoms with E-state index in [2.05, 4.69) is 70.3 Å². The quantitative estimate of drug-likeness (QED) is 0.221. The molecule has 4 nitrogen and oxygen atoms in total. The van der Waals surface area contributed by atoms with E-state index >= 15 is 0 Å². The van der Waals surface area contributed by atoms with E-state index < -0.39 is 8.32 Å². The number of amidine groups is 1. The molecule has 1 aromatic rings. The Kier molecular flexibility index (Phi) is 7.32. The van der Waals surface area contributed by atoms with Crippen LogP contribution in [0.15, 0.2) is 38.4 Å². The van der Waals surface area contributed by atoms with Crippen LogP contribution in [-0.4, -0.2) is 51.0 Å². The molecule has 30 heavy (non-hydrogen) atoms. The number of carbonyl (C=O) groups excluding carboxylic acids is 1. The third-order valence-electron chi connectivity index (χ3n) is 6.39. The van der Waals surface area contributed by atoms with Gasteiger partial charge in [0.2, 0.25) is 0 Å². The Morgan fingerprint density at radius 3 is 2.47 bits per heavy atom. The number of allylic oxidation sites excluding steroid dienone is 1. The van der Waals surface area contributed by atoms with Crippen molar-refractivity contribution < 1.29 is 9.22 Å². The molecular weight excluding hydrogens is 594 g/mol. The zero-order valence-corrected chi connectivity index (χ0v) is 24.3. The minimum atomic E-state index is -1.96. The van der Waals surface area contributed by atoms with Gasteiger partial charge in [-0.1, -0.05) is 0 Å². The first-order valence-electron chi connectivity index (χ1n) is 10.2. The van der Waals surface area contributed by atoms with E-state index in [1.165, 1.54) is 9.15 Å². The summed E-state index contributed by atoms with van der Waals surface area (Å²) < 4.78 is 8.89. The van der Waals surface area contributed by atoms with E-state index in [4.69, 9.17) is 21.0 Å². The van der Waals surface area contributed by atoms with Crippen molar-refractivity contribution in [1.29, 1.82) is 0 Å². The van der Waals surface area contributed by atoms with E-state index in [-0.39, 0.29) is 44.0 Å². The summed E-state index contributed by atoms with van der Waals surface area (Å²) in [6.45, 7) is 15.5. The Hall–Kier alpha value is -0.184. The minimum absolute atomic E-state index is 0.0413. The van der Waals surface area contributed by atoms with Crippen LogP contribution in [0.5, 0.6) is 0 Å². The van der Waals surface area contributed by atoms with E-state index in [1.54, 1.807) is 0 Å². The van der Waals surface area contributed by atoms with Gasteiger partial charge in [0.15, 0.2) is 0 Å². The summed E-state index contributed by atoms with van der Waals surface area (Å²) in [6.07, 6.45) is -0.110. The molecule has 1 saturated heterocycles. The van der Waals surface area contributed by atoms with Gasteiger partial charge >= 0.3 is 207 Å². The maximum absolute atomic E-state index is 13.4. The van der Waals surface area contributed by atoms with E-state index in [1.807, 2.05) is 29.2 Å². The average molecular weight is 624 g/mol. The van der Waals surface area contributed by atoms with Crippen molar-refractivity contribution in [2.75, 3.05) is 0 Å². The van der Waals surface area contributed by atoms with Crippen molar-refractivity contribution in [3.63, 3.8) is 0 Å². The zero-order chi connectivity index (χ0) is 22.4. The van der Waals surface area contributed by atoms with Gasteiger partial charge in [0.05, 0.1) is 0 Å². The normalized spacial score (nSPS) is 25.2. The van der Waals surface area contributed by atoms with Crippen LogP contribution >= 0.6 is 34.2 Å². The predicted octanol–water partition coefficient (Wildman–Crippen LogP) is 6.41. The van der Waals surface area contributed by atoms with Crippen LogP contribution in [0.3, 0.4) is 0 Å². The summed E-state index contributed by atoms with van der Waals surface area (Å²) in [5.74, 6) is -0.000503. The first-order valence-corrected chi connectivity index (χ1v) is 16.6. The molecular formula is C22H30ClIN2O2SeSi. The second kappa shape index (κ2) is 8.98. The van der Waals surface area contributed by atoms with Gasteiger partial charge in [-0.2, -0.15) is 0 Å². The molecule has 3 rings (SSSR count). The monoisotopic (exact) mass is 624 g/mol. The number of nitrogens with zero attached hydrogens (tertiary/aromatic N) is 2. The van der Waals surface area contributed by atoms with Crippen LogP contribution in [0.4, 0.5) is 5.69 Å². The first kappa shape index (κ1) is 24.5. The molecule has 0 radical (unpaired) electrons. The molecule has 0 unspecified atom stereocenters. The van der Waals surface area contributed by atoms with Crippen LogP contribution < -0.4 is 0 Å². The Balaban J connectivity index is 1.91. The fraction of sp³-hybridized carbons (Fsp3) is 0.545. The molecule has 0 aliphatic carbocycles. The van der Waals surface area contributed by atoms with Crippen LogP contribution in [0.1, 0.15) is 34.6 Å². The summed E-state index contributed by atoms with van der Waals surface area (Å²) in [7, 11) is -1.96. The fourth-order valence-electron chi connectivity index (χ4n) is 3.54. The van der Waals surface area contributed by atoms with Crippen molar-refractivity contribution >= 4 is 73.8 Å². The molecule has 0 aromatic heterocycles. The summed E-state index contributed by atoms with van der Waals surface area (Å²) >= 11 is 8.57. The van der Waals surface area contributed by atoms with Crippen LogP contribution in [0.25, 0.3) is 0 Å². The number of benzene rings is 1. The van der Waals surface area contributed by atoms with Gasteiger partial charge in [-0.15, -0.1) is 0 Å². The third kappa shape index (κ3) is 4.76. The average Bonchev–Trinajstić information content (AvgIpc) is 2.72. The number of rotatable bonds is 4. The second-order valence-electron chi connectivity index (χ2n) is 9.51. The summed E-state index contributed by atoms with van der Waals surface area (Å²) in [5.41, 5.74) is 2.13. The first-order chi connectivity index (χ1) is 13.8. The van der Waals surface area contributed by atoms with Crippen molar-refractivity contribution in [1.82, 2.24) is 4.90 Å². The van der Waals surface area contributed by atoms with Gasteiger partial charge < -0.3 is 0 Å². The summed E-state index contributed by atoms with van der Waals surface area (Å²) in [5, 5.41) is 1.77. The zero-order valence-electron chi connectivity index (χ0n) is 18.6. The number of hydrogen-bond acceptors (Lipinski definition) is 3. The number of fused-ring (bicyclic) bond motifs is 1. The molecule has 0 bridgehead atoms. The number of β-lactam (4-membered cyclic amide) rings is 1.